The molecule has 26 heavy (non-hydrogen) atoms. The highest BCUT2D eigenvalue weighted by Crippen LogP contribution is 2.26. The number of thiophene rings is 1. The average molecular weight is 369 g/mol. The zero-order valence-electron chi connectivity index (χ0n) is 15.5. The Bertz CT molecular complexity index is 871. The molecule has 0 fully saturated rings. The van der Waals surface area contributed by atoms with Gasteiger partial charge in [0.15, 0.2) is 0 Å². The minimum absolute atomic E-state index is 0.0203. The van der Waals surface area contributed by atoms with Crippen molar-refractivity contribution in [2.24, 2.45) is 7.05 Å². The fourth-order valence-electron chi connectivity index (χ4n) is 2.96. The van der Waals surface area contributed by atoms with E-state index in [1.165, 1.54) is 4.88 Å². The minimum atomic E-state index is -0.360. The van der Waals surface area contributed by atoms with Gasteiger partial charge in [-0.3, -0.25) is 14.8 Å². The van der Waals surface area contributed by atoms with Crippen molar-refractivity contribution in [3.63, 3.8) is 0 Å². The van der Waals surface area contributed by atoms with Crippen molar-refractivity contribution in [3.8, 4) is 0 Å². The number of rotatable bonds is 6. The standard InChI is InChI=1S/C20H24N4OS/c1-13-18(15(3)24(4)23-13)22-20(25)14(2)21-19(17-11-8-12-26-17)16-9-6-5-7-10-16/h5-12,14,19,21H,1-4H3,(H,22,25)/t14-,19-/m1/s1. The van der Waals surface area contributed by atoms with Gasteiger partial charge < -0.3 is 5.32 Å². The van der Waals surface area contributed by atoms with Crippen LogP contribution in [0.2, 0.25) is 0 Å². The summed E-state index contributed by atoms with van der Waals surface area (Å²) in [5.74, 6) is -0.0679. The maximum absolute atomic E-state index is 12.8. The zero-order valence-corrected chi connectivity index (χ0v) is 16.3. The van der Waals surface area contributed by atoms with E-state index in [4.69, 9.17) is 0 Å². The molecule has 3 rings (SSSR count). The molecule has 0 aliphatic carbocycles. The Labute approximate surface area is 158 Å². The van der Waals surface area contributed by atoms with Crippen molar-refractivity contribution < 1.29 is 4.79 Å². The fourth-order valence-corrected chi connectivity index (χ4v) is 3.77. The molecule has 2 aromatic heterocycles. The monoisotopic (exact) mass is 368 g/mol. The molecule has 2 atom stereocenters. The Hall–Kier alpha value is -2.44. The third-order valence-electron chi connectivity index (χ3n) is 4.53. The topological polar surface area (TPSA) is 59.0 Å². The molecule has 2 N–H and O–H groups in total. The van der Waals surface area contributed by atoms with Crippen molar-refractivity contribution in [2.45, 2.75) is 32.9 Å². The molecule has 136 valence electrons. The molecule has 0 bridgehead atoms. The zero-order chi connectivity index (χ0) is 18.7. The van der Waals surface area contributed by atoms with E-state index in [1.807, 2.05) is 52.1 Å². The van der Waals surface area contributed by atoms with Crippen LogP contribution in [0.4, 0.5) is 5.69 Å². The van der Waals surface area contributed by atoms with Gasteiger partial charge in [0.25, 0.3) is 0 Å². The van der Waals surface area contributed by atoms with Crippen molar-refractivity contribution in [1.82, 2.24) is 15.1 Å². The summed E-state index contributed by atoms with van der Waals surface area (Å²) in [5, 5.41) is 12.9. The summed E-state index contributed by atoms with van der Waals surface area (Å²) in [6.07, 6.45) is 0. The van der Waals surface area contributed by atoms with Gasteiger partial charge in [-0.25, -0.2) is 0 Å². The Morgan fingerprint density at radius 3 is 2.46 bits per heavy atom. The van der Waals surface area contributed by atoms with Crippen LogP contribution in [0, 0.1) is 13.8 Å². The summed E-state index contributed by atoms with van der Waals surface area (Å²) in [6, 6.07) is 13.9. The van der Waals surface area contributed by atoms with Crippen LogP contribution in [-0.4, -0.2) is 21.7 Å². The van der Waals surface area contributed by atoms with Gasteiger partial charge in [0.1, 0.15) is 0 Å². The summed E-state index contributed by atoms with van der Waals surface area (Å²) in [4.78, 5) is 13.9. The van der Waals surface area contributed by atoms with E-state index in [0.717, 1.165) is 22.6 Å². The molecular weight excluding hydrogens is 344 g/mol. The largest absolute Gasteiger partial charge is 0.322 e. The molecular formula is C20H24N4OS. The van der Waals surface area contributed by atoms with Crippen LogP contribution in [-0.2, 0) is 11.8 Å². The van der Waals surface area contributed by atoms with E-state index in [0.29, 0.717) is 0 Å². The maximum Gasteiger partial charge on any atom is 0.241 e. The highest BCUT2D eigenvalue weighted by atomic mass is 32.1. The molecule has 2 heterocycles. The lowest BCUT2D eigenvalue weighted by atomic mass is 10.0. The minimum Gasteiger partial charge on any atom is -0.322 e. The van der Waals surface area contributed by atoms with E-state index in [-0.39, 0.29) is 18.0 Å². The summed E-state index contributed by atoms with van der Waals surface area (Å²) in [6.45, 7) is 5.74. The van der Waals surface area contributed by atoms with Crippen LogP contribution in [0.25, 0.3) is 0 Å². The smallest absolute Gasteiger partial charge is 0.241 e. The molecule has 3 aromatic rings. The Morgan fingerprint density at radius 1 is 1.15 bits per heavy atom. The number of carbonyl (C=O) groups is 1. The number of amides is 1. The summed E-state index contributed by atoms with van der Waals surface area (Å²) in [5.41, 5.74) is 3.70. The second kappa shape index (κ2) is 7.85. The third-order valence-corrected chi connectivity index (χ3v) is 5.46. The van der Waals surface area contributed by atoms with Gasteiger partial charge in [-0.2, -0.15) is 5.10 Å². The molecule has 0 aliphatic rings. The molecule has 0 saturated heterocycles. The van der Waals surface area contributed by atoms with Gasteiger partial charge in [-0.15, -0.1) is 11.3 Å². The van der Waals surface area contributed by atoms with E-state index in [1.54, 1.807) is 16.0 Å². The number of anilines is 1. The number of hydrogen-bond acceptors (Lipinski definition) is 4. The van der Waals surface area contributed by atoms with Gasteiger partial charge in [-0.1, -0.05) is 36.4 Å². The van der Waals surface area contributed by atoms with Crippen molar-refractivity contribution in [3.05, 3.63) is 69.7 Å². The first-order valence-corrected chi connectivity index (χ1v) is 9.50. The predicted octanol–water partition coefficient (Wildman–Crippen LogP) is 3.80. The highest BCUT2D eigenvalue weighted by Gasteiger charge is 2.23. The van der Waals surface area contributed by atoms with Crippen molar-refractivity contribution in [2.75, 3.05) is 5.32 Å². The molecule has 0 radical (unpaired) electrons. The third kappa shape index (κ3) is 3.86. The Balaban J connectivity index is 1.77. The second-order valence-electron chi connectivity index (χ2n) is 6.41. The molecule has 1 amide bonds. The van der Waals surface area contributed by atoms with Crippen LogP contribution in [0.15, 0.2) is 47.8 Å². The van der Waals surface area contributed by atoms with E-state index >= 15 is 0 Å². The maximum atomic E-state index is 12.8. The SMILES string of the molecule is Cc1nn(C)c(C)c1NC(=O)[C@@H](C)N[C@H](c1ccccc1)c1cccs1. The first-order chi connectivity index (χ1) is 12.5. The van der Waals surface area contributed by atoms with E-state index in [9.17, 15) is 4.79 Å². The number of nitrogens with one attached hydrogen (secondary N) is 2. The first kappa shape index (κ1) is 18.4. The Kier molecular flexibility index (Phi) is 5.54. The van der Waals surface area contributed by atoms with Crippen LogP contribution >= 0.6 is 11.3 Å². The van der Waals surface area contributed by atoms with Gasteiger partial charge >= 0.3 is 0 Å². The van der Waals surface area contributed by atoms with Crippen LogP contribution in [0.5, 0.6) is 0 Å². The molecule has 0 unspecified atom stereocenters. The lowest BCUT2D eigenvalue weighted by Crippen LogP contribution is -2.40. The quantitative estimate of drug-likeness (QED) is 0.696. The highest BCUT2D eigenvalue weighted by molar-refractivity contribution is 7.10. The number of carbonyl (C=O) groups excluding carboxylic acids is 1. The van der Waals surface area contributed by atoms with Crippen LogP contribution < -0.4 is 10.6 Å². The second-order valence-corrected chi connectivity index (χ2v) is 7.39. The van der Waals surface area contributed by atoms with Crippen LogP contribution in [0.1, 0.15) is 34.8 Å². The summed E-state index contributed by atoms with van der Waals surface area (Å²) >= 11 is 1.68. The first-order valence-electron chi connectivity index (χ1n) is 8.63. The average Bonchev–Trinajstić information content (AvgIpc) is 3.25. The molecule has 5 nitrogen and oxygen atoms in total. The molecule has 0 aliphatic heterocycles. The van der Waals surface area contributed by atoms with Crippen molar-refractivity contribution in [1.29, 1.82) is 0 Å². The molecule has 0 saturated carbocycles. The normalized spacial score (nSPS) is 13.4. The van der Waals surface area contributed by atoms with Gasteiger partial charge in [-0.05, 0) is 37.8 Å². The van der Waals surface area contributed by atoms with Crippen LogP contribution in [0.3, 0.4) is 0 Å². The number of nitrogens with zero attached hydrogens (tertiary/aromatic N) is 2. The molecule has 6 heteroatoms. The van der Waals surface area contributed by atoms with Gasteiger partial charge in [0.2, 0.25) is 5.91 Å². The number of hydrogen-bond donors (Lipinski definition) is 2. The molecule has 1 aromatic carbocycles. The van der Waals surface area contributed by atoms with E-state index < -0.39 is 0 Å². The van der Waals surface area contributed by atoms with Gasteiger partial charge in [0, 0.05) is 11.9 Å². The van der Waals surface area contributed by atoms with Crippen molar-refractivity contribution >= 4 is 22.9 Å². The predicted molar refractivity (Wildman–Crippen MR) is 107 cm³/mol. The Morgan fingerprint density at radius 2 is 1.88 bits per heavy atom. The lowest BCUT2D eigenvalue weighted by Gasteiger charge is -2.22. The fraction of sp³-hybridized carbons (Fsp3) is 0.300. The molecule has 0 spiro atoms. The number of aryl methyl sites for hydroxylation is 2. The summed E-state index contributed by atoms with van der Waals surface area (Å²) in [7, 11) is 1.88. The number of aromatic nitrogens is 2. The van der Waals surface area contributed by atoms with Gasteiger partial charge in [0.05, 0.1) is 29.2 Å². The lowest BCUT2D eigenvalue weighted by molar-refractivity contribution is -0.117. The van der Waals surface area contributed by atoms with E-state index in [2.05, 4.69) is 39.3 Å². The number of benzene rings is 1. The summed E-state index contributed by atoms with van der Waals surface area (Å²) < 4.78 is 1.78.